The molecule has 28 heavy (non-hydrogen) atoms. The fourth-order valence-electron chi connectivity index (χ4n) is 3.02. The lowest BCUT2D eigenvalue weighted by atomic mass is 10.0. The Morgan fingerprint density at radius 3 is 1.71 bits per heavy atom. The van der Waals surface area contributed by atoms with Crippen molar-refractivity contribution in [3.63, 3.8) is 0 Å². The van der Waals surface area contributed by atoms with Crippen LogP contribution >= 0.6 is 0 Å². The molecule has 0 spiro atoms. The number of unbranched alkanes of at least 4 members (excludes halogenated alkanes) is 9. The van der Waals surface area contributed by atoms with E-state index in [2.05, 4.69) is 6.92 Å². The summed E-state index contributed by atoms with van der Waals surface area (Å²) in [5.74, 6) is -3.11. The van der Waals surface area contributed by atoms with E-state index in [1.54, 1.807) is 20.8 Å². The standard InChI is InChI=1S/C21H39NO6/c1-5-6-7-8-9-10-11-12-13-14-15-19(25)28-22(21(2,3)4)17(20(26)27)16-18(23)24/h17H,5-16H2,1-4H3,(H,23,24)(H,26,27)/t17-/m0/s1. The maximum Gasteiger partial charge on any atom is 0.325 e. The molecule has 0 radical (unpaired) electrons. The second kappa shape index (κ2) is 14.4. The molecule has 7 nitrogen and oxygen atoms in total. The summed E-state index contributed by atoms with van der Waals surface area (Å²) < 4.78 is 0. The molecule has 0 aliphatic heterocycles. The van der Waals surface area contributed by atoms with Crippen LogP contribution < -0.4 is 0 Å². The van der Waals surface area contributed by atoms with E-state index in [1.807, 2.05) is 0 Å². The fraction of sp³-hybridized carbons (Fsp3) is 0.857. The second-order valence-corrected chi connectivity index (χ2v) is 8.34. The van der Waals surface area contributed by atoms with Crippen molar-refractivity contribution < 1.29 is 29.4 Å². The molecule has 2 N–H and O–H groups in total. The zero-order valence-corrected chi connectivity index (χ0v) is 18.0. The quantitative estimate of drug-likeness (QED) is 0.283. The van der Waals surface area contributed by atoms with E-state index >= 15 is 0 Å². The van der Waals surface area contributed by atoms with Crippen LogP contribution in [-0.4, -0.2) is 44.8 Å². The number of aliphatic carboxylic acids is 2. The number of carboxylic acid groups (broad SMARTS) is 2. The average Bonchev–Trinajstić information content (AvgIpc) is 2.58. The molecule has 1 atom stereocenters. The first-order chi connectivity index (χ1) is 13.1. The maximum atomic E-state index is 12.1. The van der Waals surface area contributed by atoms with Gasteiger partial charge in [0.15, 0.2) is 6.04 Å². The zero-order chi connectivity index (χ0) is 21.6. The Hall–Kier alpha value is -1.63. The van der Waals surface area contributed by atoms with Gasteiger partial charge in [0.05, 0.1) is 6.42 Å². The first-order valence-electron chi connectivity index (χ1n) is 10.5. The van der Waals surface area contributed by atoms with Crippen LogP contribution in [-0.2, 0) is 19.2 Å². The van der Waals surface area contributed by atoms with Crippen LogP contribution in [0, 0.1) is 0 Å². The minimum Gasteiger partial charge on any atom is -0.481 e. The number of carboxylic acids is 2. The highest BCUT2D eigenvalue weighted by Gasteiger charge is 2.38. The summed E-state index contributed by atoms with van der Waals surface area (Å²) in [6.07, 6.45) is 11.1. The maximum absolute atomic E-state index is 12.1. The highest BCUT2D eigenvalue weighted by atomic mass is 16.7. The van der Waals surface area contributed by atoms with Gasteiger partial charge in [-0.2, -0.15) is 0 Å². The smallest absolute Gasteiger partial charge is 0.325 e. The van der Waals surface area contributed by atoms with Crippen molar-refractivity contribution in [1.29, 1.82) is 0 Å². The Morgan fingerprint density at radius 1 is 0.857 bits per heavy atom. The minimum atomic E-state index is -1.42. The van der Waals surface area contributed by atoms with Crippen molar-refractivity contribution in [3.8, 4) is 0 Å². The van der Waals surface area contributed by atoms with Crippen LogP contribution in [0.25, 0.3) is 0 Å². The third kappa shape index (κ3) is 12.7. The normalized spacial score (nSPS) is 12.8. The topological polar surface area (TPSA) is 104 Å². The van der Waals surface area contributed by atoms with Crippen molar-refractivity contribution >= 4 is 17.9 Å². The van der Waals surface area contributed by atoms with Crippen LogP contribution in [0.15, 0.2) is 0 Å². The highest BCUT2D eigenvalue weighted by molar-refractivity contribution is 5.80. The molecule has 164 valence electrons. The van der Waals surface area contributed by atoms with Crippen LogP contribution in [0.5, 0.6) is 0 Å². The minimum absolute atomic E-state index is 0.197. The SMILES string of the molecule is CCCCCCCCCCCCC(=O)ON([C@@H](CC(=O)O)C(=O)O)C(C)(C)C. The van der Waals surface area contributed by atoms with Crippen LogP contribution in [0.1, 0.15) is 105 Å². The van der Waals surface area contributed by atoms with Gasteiger partial charge in [-0.25, -0.2) is 0 Å². The molecule has 0 aliphatic rings. The second-order valence-electron chi connectivity index (χ2n) is 8.34. The predicted molar refractivity (Wildman–Crippen MR) is 108 cm³/mol. The van der Waals surface area contributed by atoms with Gasteiger partial charge in [0.25, 0.3) is 0 Å². The molecule has 0 aliphatic carbocycles. The molecule has 7 heteroatoms. The number of rotatable bonds is 16. The van der Waals surface area contributed by atoms with Crippen molar-refractivity contribution in [1.82, 2.24) is 5.06 Å². The number of hydroxylamine groups is 2. The number of hydrogen-bond acceptors (Lipinski definition) is 5. The molecular weight excluding hydrogens is 362 g/mol. The van der Waals surface area contributed by atoms with Gasteiger partial charge in [0, 0.05) is 12.0 Å². The Morgan fingerprint density at radius 2 is 1.32 bits per heavy atom. The number of hydrogen-bond donors (Lipinski definition) is 2. The Labute approximate surface area is 169 Å². The first-order valence-corrected chi connectivity index (χ1v) is 10.5. The van der Waals surface area contributed by atoms with Gasteiger partial charge in [-0.3, -0.25) is 14.4 Å². The third-order valence-electron chi connectivity index (χ3n) is 4.53. The summed E-state index contributed by atoms with van der Waals surface area (Å²) >= 11 is 0. The van der Waals surface area contributed by atoms with E-state index < -0.39 is 35.9 Å². The van der Waals surface area contributed by atoms with E-state index in [1.165, 1.54) is 38.5 Å². The molecule has 0 aromatic heterocycles. The van der Waals surface area contributed by atoms with E-state index in [0.717, 1.165) is 24.3 Å². The number of nitrogens with zero attached hydrogens (tertiary/aromatic N) is 1. The first kappa shape index (κ1) is 26.4. The lowest BCUT2D eigenvalue weighted by molar-refractivity contribution is -0.234. The molecule has 0 amide bonds. The van der Waals surface area contributed by atoms with Crippen molar-refractivity contribution in [2.75, 3.05) is 0 Å². The molecule has 0 saturated carbocycles. The van der Waals surface area contributed by atoms with Crippen LogP contribution in [0.2, 0.25) is 0 Å². The summed E-state index contributed by atoms with van der Waals surface area (Å²) in [6, 6.07) is -1.42. The van der Waals surface area contributed by atoms with E-state index in [9.17, 15) is 19.5 Å². The lowest BCUT2D eigenvalue weighted by Gasteiger charge is -2.36. The molecule has 0 rings (SSSR count). The monoisotopic (exact) mass is 401 g/mol. The van der Waals surface area contributed by atoms with E-state index in [-0.39, 0.29) is 6.42 Å². The van der Waals surface area contributed by atoms with Crippen LogP contribution in [0.3, 0.4) is 0 Å². The van der Waals surface area contributed by atoms with Gasteiger partial charge in [-0.1, -0.05) is 64.7 Å². The van der Waals surface area contributed by atoms with E-state index in [4.69, 9.17) is 9.94 Å². The summed E-state index contributed by atoms with van der Waals surface area (Å²) in [7, 11) is 0. The van der Waals surface area contributed by atoms with Crippen LogP contribution in [0.4, 0.5) is 0 Å². The number of carbonyl (C=O) groups is 3. The molecule has 0 aromatic rings. The predicted octanol–water partition coefficient (Wildman–Crippen LogP) is 4.78. The molecular formula is C21H39NO6. The molecule has 0 unspecified atom stereocenters. The van der Waals surface area contributed by atoms with Gasteiger partial charge in [0.1, 0.15) is 0 Å². The van der Waals surface area contributed by atoms with Gasteiger partial charge in [-0.05, 0) is 27.2 Å². The average molecular weight is 402 g/mol. The Kier molecular flexibility index (Phi) is 13.5. The third-order valence-corrected chi connectivity index (χ3v) is 4.53. The molecule has 0 fully saturated rings. The van der Waals surface area contributed by atoms with Gasteiger partial charge < -0.3 is 15.1 Å². The molecule has 0 bridgehead atoms. The van der Waals surface area contributed by atoms with Crippen molar-refractivity contribution in [3.05, 3.63) is 0 Å². The molecule has 0 heterocycles. The van der Waals surface area contributed by atoms with Crippen molar-refractivity contribution in [2.24, 2.45) is 0 Å². The zero-order valence-electron chi connectivity index (χ0n) is 18.0. The number of carbonyl (C=O) groups excluding carboxylic acids is 1. The molecule has 0 saturated heterocycles. The summed E-state index contributed by atoms with van der Waals surface area (Å²) in [6.45, 7) is 7.25. The van der Waals surface area contributed by atoms with Crippen molar-refractivity contribution in [2.45, 2.75) is 116 Å². The summed E-state index contributed by atoms with van der Waals surface area (Å²) in [4.78, 5) is 39.8. The fourth-order valence-corrected chi connectivity index (χ4v) is 3.02. The van der Waals surface area contributed by atoms with Gasteiger partial charge >= 0.3 is 17.9 Å². The molecule has 0 aromatic carbocycles. The lowest BCUT2D eigenvalue weighted by Crippen LogP contribution is -2.53. The Balaban J connectivity index is 4.26. The Bertz CT molecular complexity index is 472. The van der Waals surface area contributed by atoms with E-state index in [0.29, 0.717) is 6.42 Å². The van der Waals surface area contributed by atoms with Gasteiger partial charge in [0.2, 0.25) is 0 Å². The summed E-state index contributed by atoms with van der Waals surface area (Å²) in [5.41, 5.74) is -0.827. The highest BCUT2D eigenvalue weighted by Crippen LogP contribution is 2.21. The largest absolute Gasteiger partial charge is 0.481 e. The summed E-state index contributed by atoms with van der Waals surface area (Å²) in [5, 5.41) is 19.3. The van der Waals surface area contributed by atoms with Gasteiger partial charge in [-0.15, -0.1) is 5.06 Å².